The number of unbranched alkanes of at least 4 members (excludes halogenated alkanes) is 2. The largest absolute Gasteiger partial charge is 0.469 e. The number of amides is 1. The summed E-state index contributed by atoms with van der Waals surface area (Å²) in [6.45, 7) is 0.625. The first-order chi connectivity index (χ1) is 10.2. The first kappa shape index (κ1) is 17.3. The van der Waals surface area contributed by atoms with Crippen molar-refractivity contribution < 1.29 is 14.3 Å². The van der Waals surface area contributed by atoms with Crippen LogP contribution in [0.5, 0.6) is 0 Å². The Bertz CT molecular complexity index is 460. The molecule has 0 atom stereocenters. The molecule has 1 N–H and O–H groups in total. The maximum Gasteiger partial charge on any atom is 0.305 e. The van der Waals surface area contributed by atoms with Crippen LogP contribution in [0, 0.1) is 0 Å². The summed E-state index contributed by atoms with van der Waals surface area (Å²) in [5.41, 5.74) is 0. The standard InChI is InChI=1S/C16H21NO3S/c1-20-16(19)10-6-3-7-12-17-15(18)11-13-21-14-8-4-2-5-9-14/h2,4-5,8-9,11,13H,3,6-7,10,12H2,1H3,(H,17,18)/b13-11+. The van der Waals surface area contributed by atoms with Gasteiger partial charge in [-0.15, -0.1) is 0 Å². The number of methoxy groups -OCH3 is 1. The fourth-order valence-electron chi connectivity index (χ4n) is 1.62. The summed E-state index contributed by atoms with van der Waals surface area (Å²) in [4.78, 5) is 23.5. The third-order valence-electron chi connectivity index (χ3n) is 2.75. The lowest BCUT2D eigenvalue weighted by atomic mass is 10.2. The van der Waals surface area contributed by atoms with Gasteiger partial charge in [0, 0.05) is 23.9 Å². The molecule has 0 saturated carbocycles. The molecule has 0 heterocycles. The van der Waals surface area contributed by atoms with E-state index in [0.29, 0.717) is 13.0 Å². The van der Waals surface area contributed by atoms with Crippen molar-refractivity contribution in [1.29, 1.82) is 0 Å². The fraction of sp³-hybridized carbons (Fsp3) is 0.375. The minimum absolute atomic E-state index is 0.0913. The molecule has 4 nitrogen and oxygen atoms in total. The van der Waals surface area contributed by atoms with E-state index in [2.05, 4.69) is 10.1 Å². The molecular formula is C16H21NO3S. The molecule has 0 aromatic heterocycles. The molecule has 0 saturated heterocycles. The molecule has 0 aliphatic carbocycles. The molecule has 0 spiro atoms. The summed E-state index contributed by atoms with van der Waals surface area (Å²) in [6, 6.07) is 9.87. The first-order valence-corrected chi connectivity index (χ1v) is 7.83. The highest BCUT2D eigenvalue weighted by molar-refractivity contribution is 8.02. The number of nitrogens with one attached hydrogen (secondary N) is 1. The van der Waals surface area contributed by atoms with E-state index in [-0.39, 0.29) is 11.9 Å². The number of esters is 1. The monoisotopic (exact) mass is 307 g/mol. The van der Waals surface area contributed by atoms with Crippen LogP contribution in [0.4, 0.5) is 0 Å². The van der Waals surface area contributed by atoms with E-state index in [1.165, 1.54) is 24.9 Å². The Labute approximate surface area is 130 Å². The number of benzene rings is 1. The zero-order valence-corrected chi connectivity index (χ0v) is 13.0. The lowest BCUT2D eigenvalue weighted by Crippen LogP contribution is -2.21. The van der Waals surface area contributed by atoms with Crippen LogP contribution in [0.15, 0.2) is 46.7 Å². The van der Waals surface area contributed by atoms with Gasteiger partial charge in [0.15, 0.2) is 0 Å². The van der Waals surface area contributed by atoms with Gasteiger partial charge in [0.25, 0.3) is 0 Å². The number of carbonyl (C=O) groups is 2. The minimum Gasteiger partial charge on any atom is -0.469 e. The second-order valence-corrected chi connectivity index (χ2v) is 5.39. The first-order valence-electron chi connectivity index (χ1n) is 6.95. The summed E-state index contributed by atoms with van der Waals surface area (Å²) in [6.07, 6.45) is 4.53. The average molecular weight is 307 g/mol. The van der Waals surface area contributed by atoms with Crippen molar-refractivity contribution in [3.63, 3.8) is 0 Å². The van der Waals surface area contributed by atoms with Crippen molar-refractivity contribution in [1.82, 2.24) is 5.32 Å². The van der Waals surface area contributed by atoms with E-state index in [1.807, 2.05) is 30.3 Å². The van der Waals surface area contributed by atoms with E-state index in [9.17, 15) is 9.59 Å². The highest BCUT2D eigenvalue weighted by atomic mass is 32.2. The molecular weight excluding hydrogens is 286 g/mol. The van der Waals surface area contributed by atoms with Crippen LogP contribution in [0.25, 0.3) is 0 Å². The van der Waals surface area contributed by atoms with Gasteiger partial charge in [0.05, 0.1) is 7.11 Å². The van der Waals surface area contributed by atoms with Crippen LogP contribution >= 0.6 is 11.8 Å². The molecule has 0 aliphatic heterocycles. The van der Waals surface area contributed by atoms with Crippen molar-refractivity contribution in [2.75, 3.05) is 13.7 Å². The summed E-state index contributed by atoms with van der Waals surface area (Å²) >= 11 is 1.51. The van der Waals surface area contributed by atoms with Crippen molar-refractivity contribution in [2.45, 2.75) is 30.6 Å². The van der Waals surface area contributed by atoms with Gasteiger partial charge in [-0.1, -0.05) is 36.4 Å². The summed E-state index contributed by atoms with van der Waals surface area (Å²) < 4.78 is 4.56. The van der Waals surface area contributed by atoms with Gasteiger partial charge in [-0.05, 0) is 30.4 Å². The Balaban J connectivity index is 2.05. The summed E-state index contributed by atoms with van der Waals surface area (Å²) in [5.74, 6) is -0.272. The molecule has 0 aliphatic rings. The second kappa shape index (κ2) is 11.0. The van der Waals surface area contributed by atoms with Gasteiger partial charge in [-0.25, -0.2) is 0 Å². The lowest BCUT2D eigenvalue weighted by Gasteiger charge is -2.02. The van der Waals surface area contributed by atoms with Gasteiger partial charge in [0.1, 0.15) is 0 Å². The van der Waals surface area contributed by atoms with Crippen LogP contribution in [0.3, 0.4) is 0 Å². The van der Waals surface area contributed by atoms with E-state index < -0.39 is 0 Å². The summed E-state index contributed by atoms with van der Waals surface area (Å²) in [7, 11) is 1.39. The van der Waals surface area contributed by atoms with Crippen molar-refractivity contribution in [3.8, 4) is 0 Å². The maximum atomic E-state index is 11.5. The third kappa shape index (κ3) is 8.92. The van der Waals surface area contributed by atoms with Crippen LogP contribution < -0.4 is 5.32 Å². The molecule has 0 radical (unpaired) electrons. The number of ether oxygens (including phenoxy) is 1. The number of thioether (sulfide) groups is 1. The molecule has 1 aromatic rings. The Hall–Kier alpha value is -1.75. The van der Waals surface area contributed by atoms with Gasteiger partial charge in [0.2, 0.25) is 5.91 Å². The van der Waals surface area contributed by atoms with Gasteiger partial charge in [-0.3, -0.25) is 9.59 Å². The zero-order chi connectivity index (χ0) is 15.3. The van der Waals surface area contributed by atoms with Crippen LogP contribution in [0.1, 0.15) is 25.7 Å². The van der Waals surface area contributed by atoms with E-state index >= 15 is 0 Å². The number of hydrogen-bond donors (Lipinski definition) is 1. The molecule has 1 rings (SSSR count). The number of hydrogen-bond acceptors (Lipinski definition) is 4. The van der Waals surface area contributed by atoms with Crippen molar-refractivity contribution >= 4 is 23.6 Å². The predicted octanol–water partition coefficient (Wildman–Crippen LogP) is 3.14. The molecule has 5 heteroatoms. The van der Waals surface area contributed by atoms with Gasteiger partial charge < -0.3 is 10.1 Å². The highest BCUT2D eigenvalue weighted by Gasteiger charge is 1.99. The van der Waals surface area contributed by atoms with E-state index in [4.69, 9.17) is 0 Å². The van der Waals surface area contributed by atoms with Crippen molar-refractivity contribution in [3.05, 3.63) is 41.8 Å². The quantitative estimate of drug-likeness (QED) is 0.329. The summed E-state index contributed by atoms with van der Waals surface area (Å²) in [5, 5.41) is 4.60. The smallest absolute Gasteiger partial charge is 0.305 e. The second-order valence-electron chi connectivity index (χ2n) is 4.41. The Morgan fingerprint density at radius 1 is 1.19 bits per heavy atom. The van der Waals surface area contributed by atoms with E-state index in [0.717, 1.165) is 24.2 Å². The van der Waals surface area contributed by atoms with Crippen LogP contribution in [-0.4, -0.2) is 25.5 Å². The Morgan fingerprint density at radius 2 is 1.95 bits per heavy atom. The molecule has 1 amide bonds. The minimum atomic E-state index is -0.181. The fourth-order valence-corrected chi connectivity index (χ4v) is 2.28. The molecule has 1 aromatic carbocycles. The molecule has 0 bridgehead atoms. The lowest BCUT2D eigenvalue weighted by molar-refractivity contribution is -0.140. The average Bonchev–Trinajstić information content (AvgIpc) is 2.51. The van der Waals surface area contributed by atoms with E-state index in [1.54, 1.807) is 5.41 Å². The predicted molar refractivity (Wildman–Crippen MR) is 84.9 cm³/mol. The Kier molecular flexibility index (Phi) is 9.04. The topological polar surface area (TPSA) is 55.4 Å². The Morgan fingerprint density at radius 3 is 2.67 bits per heavy atom. The normalized spacial score (nSPS) is 10.5. The van der Waals surface area contributed by atoms with Crippen LogP contribution in [-0.2, 0) is 14.3 Å². The zero-order valence-electron chi connectivity index (χ0n) is 12.2. The molecule has 114 valence electrons. The molecule has 21 heavy (non-hydrogen) atoms. The van der Waals surface area contributed by atoms with Gasteiger partial charge >= 0.3 is 5.97 Å². The van der Waals surface area contributed by atoms with Crippen LogP contribution in [0.2, 0.25) is 0 Å². The SMILES string of the molecule is COC(=O)CCCCCNC(=O)/C=C/Sc1ccccc1. The van der Waals surface area contributed by atoms with Gasteiger partial charge in [-0.2, -0.15) is 0 Å². The number of rotatable bonds is 9. The highest BCUT2D eigenvalue weighted by Crippen LogP contribution is 2.17. The molecule has 0 fully saturated rings. The molecule has 0 unspecified atom stereocenters. The maximum absolute atomic E-state index is 11.5. The number of carbonyl (C=O) groups excluding carboxylic acids is 2. The third-order valence-corrected chi connectivity index (χ3v) is 3.57. The van der Waals surface area contributed by atoms with Crippen molar-refractivity contribution in [2.24, 2.45) is 0 Å².